The van der Waals surface area contributed by atoms with Crippen LogP contribution in [0.15, 0.2) is 48.8 Å². The standard InChI is InChI=1S/C18H19F3N4O2.2ClH/c19-18(20,21)13-3-5-14(6-4-13)24-17(26)25-9-8-23-10-15(25)12-27-16-2-1-7-22-11-16;;/h1-7,11,15,23H,8-10,12H2,(H,24,26);2*1H. The largest absolute Gasteiger partial charge is 0.490 e. The van der Waals surface area contributed by atoms with Crippen LogP contribution in [0.3, 0.4) is 0 Å². The van der Waals surface area contributed by atoms with Gasteiger partial charge in [0.25, 0.3) is 0 Å². The highest BCUT2D eigenvalue weighted by molar-refractivity contribution is 5.89. The molecular formula is C18H21Cl2F3N4O2. The molecule has 0 saturated carbocycles. The van der Waals surface area contributed by atoms with Crippen LogP contribution in [-0.2, 0) is 6.18 Å². The number of pyridine rings is 1. The number of benzene rings is 1. The van der Waals surface area contributed by atoms with Gasteiger partial charge in [-0.1, -0.05) is 0 Å². The Bertz CT molecular complexity index is 764. The number of nitrogens with one attached hydrogen (secondary N) is 2. The minimum Gasteiger partial charge on any atom is -0.490 e. The highest BCUT2D eigenvalue weighted by Crippen LogP contribution is 2.29. The third kappa shape index (κ3) is 6.95. The molecule has 1 aromatic heterocycles. The Labute approximate surface area is 178 Å². The number of urea groups is 1. The Hall–Kier alpha value is -2.23. The fourth-order valence-corrected chi connectivity index (χ4v) is 2.74. The Kier molecular flexibility index (Phi) is 9.48. The van der Waals surface area contributed by atoms with Crippen LogP contribution in [0.2, 0.25) is 0 Å². The molecule has 160 valence electrons. The van der Waals surface area contributed by atoms with Crippen molar-refractivity contribution in [2.45, 2.75) is 12.2 Å². The minimum atomic E-state index is -4.41. The first-order valence-electron chi connectivity index (χ1n) is 8.42. The summed E-state index contributed by atoms with van der Waals surface area (Å²) in [7, 11) is 0. The zero-order valence-corrected chi connectivity index (χ0v) is 16.8. The highest BCUT2D eigenvalue weighted by atomic mass is 35.5. The van der Waals surface area contributed by atoms with Crippen molar-refractivity contribution >= 4 is 36.5 Å². The van der Waals surface area contributed by atoms with Gasteiger partial charge in [0.05, 0.1) is 17.8 Å². The molecule has 2 aromatic rings. The van der Waals surface area contributed by atoms with Crippen LogP contribution in [-0.4, -0.2) is 48.2 Å². The normalized spacial score (nSPS) is 16.2. The van der Waals surface area contributed by atoms with Crippen molar-refractivity contribution in [1.29, 1.82) is 0 Å². The smallest absolute Gasteiger partial charge is 0.416 e. The summed E-state index contributed by atoms with van der Waals surface area (Å²) in [5.41, 5.74) is -0.455. The van der Waals surface area contributed by atoms with E-state index in [1.54, 1.807) is 29.4 Å². The second kappa shape index (κ2) is 11.1. The maximum absolute atomic E-state index is 12.6. The number of carbonyl (C=O) groups is 1. The van der Waals surface area contributed by atoms with E-state index in [0.717, 1.165) is 12.1 Å². The number of anilines is 1. The van der Waals surface area contributed by atoms with Crippen molar-refractivity contribution in [2.75, 3.05) is 31.6 Å². The Morgan fingerprint density at radius 2 is 1.97 bits per heavy atom. The van der Waals surface area contributed by atoms with Crippen LogP contribution in [0.1, 0.15) is 5.56 Å². The molecule has 1 fully saturated rings. The molecule has 2 N–H and O–H groups in total. The maximum atomic E-state index is 12.6. The molecule has 0 radical (unpaired) electrons. The van der Waals surface area contributed by atoms with E-state index in [2.05, 4.69) is 15.6 Å². The lowest BCUT2D eigenvalue weighted by molar-refractivity contribution is -0.137. The van der Waals surface area contributed by atoms with E-state index in [4.69, 9.17) is 4.74 Å². The highest BCUT2D eigenvalue weighted by Gasteiger charge is 2.30. The van der Waals surface area contributed by atoms with E-state index in [-0.39, 0.29) is 43.5 Å². The molecule has 1 saturated heterocycles. The number of amides is 2. The molecule has 1 aliphatic rings. The maximum Gasteiger partial charge on any atom is 0.416 e. The van der Waals surface area contributed by atoms with E-state index in [9.17, 15) is 18.0 Å². The lowest BCUT2D eigenvalue weighted by Gasteiger charge is -2.35. The van der Waals surface area contributed by atoms with E-state index in [0.29, 0.717) is 31.1 Å². The minimum absolute atomic E-state index is 0. The molecule has 29 heavy (non-hydrogen) atoms. The van der Waals surface area contributed by atoms with Crippen molar-refractivity contribution < 1.29 is 22.7 Å². The second-order valence-electron chi connectivity index (χ2n) is 6.06. The van der Waals surface area contributed by atoms with Gasteiger partial charge < -0.3 is 20.3 Å². The van der Waals surface area contributed by atoms with Gasteiger partial charge in [-0.3, -0.25) is 4.98 Å². The van der Waals surface area contributed by atoms with Crippen molar-refractivity contribution in [3.05, 3.63) is 54.4 Å². The summed E-state index contributed by atoms with van der Waals surface area (Å²) in [4.78, 5) is 18.2. The number of halogens is 5. The van der Waals surface area contributed by atoms with Crippen molar-refractivity contribution in [1.82, 2.24) is 15.2 Å². The van der Waals surface area contributed by atoms with Crippen molar-refractivity contribution in [3.8, 4) is 5.75 Å². The first-order valence-corrected chi connectivity index (χ1v) is 8.42. The summed E-state index contributed by atoms with van der Waals surface area (Å²) in [6.45, 7) is 1.93. The summed E-state index contributed by atoms with van der Waals surface area (Å²) in [5.74, 6) is 0.603. The molecule has 0 spiro atoms. The average molecular weight is 453 g/mol. The van der Waals surface area contributed by atoms with Crippen LogP contribution in [0.25, 0.3) is 0 Å². The fraction of sp³-hybridized carbons (Fsp3) is 0.333. The van der Waals surface area contributed by atoms with E-state index in [1.807, 2.05) is 0 Å². The van der Waals surface area contributed by atoms with Crippen LogP contribution in [0, 0.1) is 0 Å². The third-order valence-corrected chi connectivity index (χ3v) is 4.15. The number of carbonyl (C=O) groups excluding carboxylic acids is 1. The molecule has 0 bridgehead atoms. The molecule has 2 amide bonds. The monoisotopic (exact) mass is 452 g/mol. The van der Waals surface area contributed by atoms with E-state index >= 15 is 0 Å². The first kappa shape index (κ1) is 24.8. The third-order valence-electron chi connectivity index (χ3n) is 4.15. The molecule has 1 aliphatic heterocycles. The molecule has 1 atom stereocenters. The average Bonchev–Trinajstić information content (AvgIpc) is 2.67. The van der Waals surface area contributed by atoms with Gasteiger partial charge in [-0.25, -0.2) is 4.79 Å². The predicted molar refractivity (Wildman–Crippen MR) is 108 cm³/mol. The molecule has 6 nitrogen and oxygen atoms in total. The van der Waals surface area contributed by atoms with Crippen LogP contribution < -0.4 is 15.4 Å². The van der Waals surface area contributed by atoms with Gasteiger partial charge in [0.2, 0.25) is 0 Å². The SMILES string of the molecule is Cl.Cl.O=C(Nc1ccc(C(F)(F)F)cc1)N1CCNCC1COc1cccnc1. The zero-order chi connectivity index (χ0) is 19.3. The van der Waals surface area contributed by atoms with E-state index in [1.165, 1.54) is 12.1 Å². The van der Waals surface area contributed by atoms with E-state index < -0.39 is 11.7 Å². The van der Waals surface area contributed by atoms with Crippen LogP contribution in [0.4, 0.5) is 23.7 Å². The van der Waals surface area contributed by atoms with Crippen molar-refractivity contribution in [3.63, 3.8) is 0 Å². The number of piperazine rings is 1. The zero-order valence-electron chi connectivity index (χ0n) is 15.2. The number of hydrogen-bond donors (Lipinski definition) is 2. The molecule has 2 heterocycles. The summed E-state index contributed by atoms with van der Waals surface area (Å²) in [5, 5.41) is 5.84. The van der Waals surface area contributed by atoms with Gasteiger partial charge in [0, 0.05) is 31.5 Å². The number of rotatable bonds is 4. The van der Waals surface area contributed by atoms with Gasteiger partial charge >= 0.3 is 12.2 Å². The number of ether oxygens (including phenoxy) is 1. The Balaban J connectivity index is 0.00000210. The quantitative estimate of drug-likeness (QED) is 0.739. The van der Waals surface area contributed by atoms with Gasteiger partial charge in [0.15, 0.2) is 0 Å². The lowest BCUT2D eigenvalue weighted by Crippen LogP contribution is -2.57. The number of hydrogen-bond acceptors (Lipinski definition) is 4. The fourth-order valence-electron chi connectivity index (χ4n) is 2.74. The van der Waals surface area contributed by atoms with Crippen LogP contribution >= 0.6 is 24.8 Å². The van der Waals surface area contributed by atoms with Gasteiger partial charge in [-0.15, -0.1) is 24.8 Å². The summed E-state index contributed by atoms with van der Waals surface area (Å²) >= 11 is 0. The number of nitrogens with zero attached hydrogens (tertiary/aromatic N) is 2. The predicted octanol–water partition coefficient (Wildman–Crippen LogP) is 3.83. The van der Waals surface area contributed by atoms with Gasteiger partial charge in [-0.2, -0.15) is 13.2 Å². The molecule has 11 heteroatoms. The number of alkyl halides is 3. The lowest BCUT2D eigenvalue weighted by atomic mass is 10.2. The first-order chi connectivity index (χ1) is 12.9. The molecule has 1 unspecified atom stereocenters. The second-order valence-corrected chi connectivity index (χ2v) is 6.06. The molecular weight excluding hydrogens is 432 g/mol. The summed E-state index contributed by atoms with van der Waals surface area (Å²) in [6, 6.07) is 7.30. The Morgan fingerprint density at radius 3 is 2.59 bits per heavy atom. The molecule has 0 aliphatic carbocycles. The number of aromatic nitrogens is 1. The Morgan fingerprint density at radius 1 is 1.24 bits per heavy atom. The van der Waals surface area contributed by atoms with Crippen molar-refractivity contribution in [2.24, 2.45) is 0 Å². The molecule has 3 rings (SSSR count). The molecule has 1 aromatic carbocycles. The van der Waals surface area contributed by atoms with Gasteiger partial charge in [0.1, 0.15) is 12.4 Å². The summed E-state index contributed by atoms with van der Waals surface area (Å²) in [6.07, 6.45) is -1.18. The summed E-state index contributed by atoms with van der Waals surface area (Å²) < 4.78 is 43.6. The topological polar surface area (TPSA) is 66.5 Å². The van der Waals surface area contributed by atoms with Gasteiger partial charge in [-0.05, 0) is 36.4 Å². The van der Waals surface area contributed by atoms with Crippen LogP contribution in [0.5, 0.6) is 5.75 Å².